The Bertz CT molecular complexity index is 1040. The second kappa shape index (κ2) is 8.24. The molecule has 0 aliphatic carbocycles. The van der Waals surface area contributed by atoms with E-state index in [9.17, 15) is 40.7 Å². The fourth-order valence-corrected chi connectivity index (χ4v) is 2.53. The summed E-state index contributed by atoms with van der Waals surface area (Å²) in [6.07, 6.45) is -9.77. The number of ether oxygens (including phenoxy) is 1. The van der Waals surface area contributed by atoms with Gasteiger partial charge in [0, 0.05) is 6.54 Å². The van der Waals surface area contributed by atoms with Crippen molar-refractivity contribution in [3.63, 3.8) is 0 Å². The number of carbonyl (C=O) groups excluding carboxylic acids is 1. The van der Waals surface area contributed by atoms with Gasteiger partial charge in [0.15, 0.2) is 6.61 Å². The highest BCUT2D eigenvalue weighted by atomic mass is 19.4. The number of aromatic amines is 1. The Morgan fingerprint density at radius 3 is 2.07 bits per heavy atom. The molecular weight excluding hydrogens is 424 g/mol. The van der Waals surface area contributed by atoms with Gasteiger partial charge in [-0.2, -0.15) is 26.3 Å². The second-order valence-electron chi connectivity index (χ2n) is 6.12. The Morgan fingerprint density at radius 1 is 1.07 bits per heavy atom. The number of rotatable bonds is 6. The van der Waals surface area contributed by atoms with E-state index in [0.717, 1.165) is 4.57 Å². The summed E-state index contributed by atoms with van der Waals surface area (Å²) in [5.74, 6) is -2.51. The summed E-state index contributed by atoms with van der Waals surface area (Å²) < 4.78 is 83.0. The van der Waals surface area contributed by atoms with Crippen LogP contribution in [-0.2, 0) is 18.9 Å². The molecule has 0 fully saturated rings. The fourth-order valence-electron chi connectivity index (χ4n) is 2.53. The fraction of sp³-hybridized carbons (Fsp3) is 0.353. The van der Waals surface area contributed by atoms with Gasteiger partial charge in [-0.1, -0.05) is 6.92 Å². The van der Waals surface area contributed by atoms with Crippen LogP contribution in [0, 0.1) is 0 Å². The zero-order valence-corrected chi connectivity index (χ0v) is 15.3. The molecule has 0 saturated heterocycles. The van der Waals surface area contributed by atoms with Gasteiger partial charge in [0.1, 0.15) is 17.1 Å². The largest absolute Gasteiger partial charge is 0.485 e. The summed E-state index contributed by atoms with van der Waals surface area (Å²) in [4.78, 5) is 37.8. The van der Waals surface area contributed by atoms with Gasteiger partial charge >= 0.3 is 18.0 Å². The molecule has 30 heavy (non-hydrogen) atoms. The van der Waals surface area contributed by atoms with E-state index in [-0.39, 0.29) is 24.7 Å². The number of Topliss-reactive ketones (excluding diaryl/α,β-unsaturated/α-hetero) is 1. The van der Waals surface area contributed by atoms with Gasteiger partial charge in [0.2, 0.25) is 5.78 Å². The number of nitrogens with two attached hydrogens (primary N) is 1. The number of alkyl halides is 6. The molecule has 1 aromatic carbocycles. The first kappa shape index (κ1) is 23.0. The van der Waals surface area contributed by atoms with Crippen molar-refractivity contribution in [2.75, 3.05) is 12.3 Å². The monoisotopic (exact) mass is 439 g/mol. The van der Waals surface area contributed by atoms with Crippen molar-refractivity contribution >= 4 is 11.6 Å². The molecule has 1 aromatic heterocycles. The van der Waals surface area contributed by atoms with Crippen LogP contribution in [0.5, 0.6) is 5.75 Å². The Hall–Kier alpha value is -3.25. The van der Waals surface area contributed by atoms with Gasteiger partial charge in [-0.3, -0.25) is 19.1 Å². The second-order valence-corrected chi connectivity index (χ2v) is 6.12. The third kappa shape index (κ3) is 5.02. The first-order valence-corrected chi connectivity index (χ1v) is 8.33. The van der Waals surface area contributed by atoms with E-state index in [1.54, 1.807) is 6.92 Å². The number of benzene rings is 1. The summed E-state index contributed by atoms with van der Waals surface area (Å²) in [5, 5.41) is 0. The zero-order valence-electron chi connectivity index (χ0n) is 15.3. The predicted octanol–water partition coefficient (Wildman–Crippen LogP) is 2.83. The van der Waals surface area contributed by atoms with Crippen LogP contribution in [0.15, 0.2) is 27.8 Å². The van der Waals surface area contributed by atoms with Gasteiger partial charge in [-0.15, -0.1) is 0 Å². The van der Waals surface area contributed by atoms with Gasteiger partial charge < -0.3 is 10.5 Å². The summed E-state index contributed by atoms with van der Waals surface area (Å²) in [6, 6.07) is 0.472. The third-order valence-corrected chi connectivity index (χ3v) is 3.90. The van der Waals surface area contributed by atoms with E-state index in [4.69, 9.17) is 10.5 Å². The number of anilines is 1. The molecule has 0 unspecified atom stereocenters. The van der Waals surface area contributed by atoms with E-state index in [1.165, 1.54) is 0 Å². The molecule has 1 heterocycles. The van der Waals surface area contributed by atoms with Crippen LogP contribution in [0.1, 0.15) is 34.8 Å². The van der Waals surface area contributed by atoms with Crippen LogP contribution in [0.4, 0.5) is 32.2 Å². The standard InChI is InChI=1S/C17H15F6N3O4/c1-2-3-26-13(24)12(14(28)25-15(26)29)11(27)7-30-10-5-8(16(18,19)20)4-9(6-10)17(21,22)23/h4-6H,2-3,7,24H2,1H3,(H,25,28,29). The topological polar surface area (TPSA) is 107 Å². The summed E-state index contributed by atoms with van der Waals surface area (Å²) in [6.45, 7) is 0.662. The van der Waals surface area contributed by atoms with Crippen molar-refractivity contribution in [2.45, 2.75) is 32.2 Å². The summed E-state index contributed by atoms with van der Waals surface area (Å²) >= 11 is 0. The van der Waals surface area contributed by atoms with Gasteiger partial charge in [-0.05, 0) is 24.6 Å². The van der Waals surface area contributed by atoms with Crippen molar-refractivity contribution < 1.29 is 35.9 Å². The van der Waals surface area contributed by atoms with Crippen LogP contribution >= 0.6 is 0 Å². The molecule has 0 bridgehead atoms. The lowest BCUT2D eigenvalue weighted by Gasteiger charge is -2.15. The predicted molar refractivity (Wildman–Crippen MR) is 92.3 cm³/mol. The molecule has 2 aromatic rings. The molecular formula is C17H15F6N3O4. The number of ketones is 1. The molecule has 3 N–H and O–H groups in total. The quantitative estimate of drug-likeness (QED) is 0.532. The van der Waals surface area contributed by atoms with Crippen LogP contribution in [0.2, 0.25) is 0 Å². The minimum absolute atomic E-state index is 0.0607. The average molecular weight is 439 g/mol. The number of H-pyrrole nitrogens is 1. The molecule has 13 heteroatoms. The SMILES string of the molecule is CCCn1c(N)c(C(=O)COc2cc(C(F)(F)F)cc(C(F)(F)F)c2)c(=O)[nH]c1=O. The molecule has 0 aliphatic heterocycles. The first-order chi connectivity index (χ1) is 13.8. The number of hydrogen-bond donors (Lipinski definition) is 2. The molecule has 7 nitrogen and oxygen atoms in total. The maximum atomic E-state index is 12.9. The Balaban J connectivity index is 2.38. The molecule has 0 spiro atoms. The van der Waals surface area contributed by atoms with Crippen LogP contribution in [0.25, 0.3) is 0 Å². The van der Waals surface area contributed by atoms with E-state index >= 15 is 0 Å². The van der Waals surface area contributed by atoms with Gasteiger partial charge in [0.25, 0.3) is 5.56 Å². The minimum Gasteiger partial charge on any atom is -0.485 e. The smallest absolute Gasteiger partial charge is 0.416 e. The molecule has 0 amide bonds. The molecule has 2 rings (SSSR count). The molecule has 0 radical (unpaired) electrons. The number of carbonyl (C=O) groups is 1. The van der Waals surface area contributed by atoms with Crippen molar-refractivity contribution in [1.29, 1.82) is 0 Å². The Morgan fingerprint density at radius 2 is 1.60 bits per heavy atom. The van der Waals surface area contributed by atoms with Crippen molar-refractivity contribution in [3.8, 4) is 5.75 Å². The summed E-state index contributed by atoms with van der Waals surface area (Å²) in [5.41, 5.74) is -0.303. The summed E-state index contributed by atoms with van der Waals surface area (Å²) in [7, 11) is 0. The lowest BCUT2D eigenvalue weighted by molar-refractivity contribution is -0.143. The lowest BCUT2D eigenvalue weighted by atomic mass is 10.1. The highest BCUT2D eigenvalue weighted by molar-refractivity contribution is 6.00. The Kier molecular flexibility index (Phi) is 6.33. The first-order valence-electron chi connectivity index (χ1n) is 8.33. The number of nitrogens with one attached hydrogen (secondary N) is 1. The molecule has 0 atom stereocenters. The average Bonchev–Trinajstić information content (AvgIpc) is 2.61. The highest BCUT2D eigenvalue weighted by Gasteiger charge is 2.37. The highest BCUT2D eigenvalue weighted by Crippen LogP contribution is 2.38. The van der Waals surface area contributed by atoms with Crippen LogP contribution < -0.4 is 21.7 Å². The molecule has 0 saturated carbocycles. The number of aromatic nitrogens is 2. The van der Waals surface area contributed by atoms with E-state index < -0.39 is 64.2 Å². The van der Waals surface area contributed by atoms with Gasteiger partial charge in [0.05, 0.1) is 11.1 Å². The van der Waals surface area contributed by atoms with Crippen molar-refractivity contribution in [1.82, 2.24) is 9.55 Å². The normalized spacial score (nSPS) is 12.1. The number of hydrogen-bond acceptors (Lipinski definition) is 5. The molecule has 0 aliphatic rings. The Labute approximate surface area is 164 Å². The zero-order chi connectivity index (χ0) is 22.9. The van der Waals surface area contributed by atoms with Crippen molar-refractivity contribution in [2.24, 2.45) is 0 Å². The van der Waals surface area contributed by atoms with Gasteiger partial charge in [-0.25, -0.2) is 4.79 Å². The number of nitrogens with zero attached hydrogens (tertiary/aromatic N) is 1. The minimum atomic E-state index is -5.10. The van der Waals surface area contributed by atoms with Crippen LogP contribution in [0.3, 0.4) is 0 Å². The number of nitrogen functional groups attached to an aromatic ring is 1. The van der Waals surface area contributed by atoms with E-state index in [1.807, 2.05) is 4.98 Å². The third-order valence-electron chi connectivity index (χ3n) is 3.90. The van der Waals surface area contributed by atoms with Crippen LogP contribution in [-0.4, -0.2) is 21.9 Å². The molecule has 164 valence electrons. The van der Waals surface area contributed by atoms with E-state index in [2.05, 4.69) is 0 Å². The lowest BCUT2D eigenvalue weighted by Crippen LogP contribution is -2.37. The maximum absolute atomic E-state index is 12.9. The van der Waals surface area contributed by atoms with Crippen molar-refractivity contribution in [3.05, 3.63) is 55.7 Å². The number of halogens is 6. The maximum Gasteiger partial charge on any atom is 0.416 e. The van der Waals surface area contributed by atoms with E-state index in [0.29, 0.717) is 6.42 Å².